The second kappa shape index (κ2) is 9.87. The van der Waals surface area contributed by atoms with Gasteiger partial charge in [0.1, 0.15) is 0 Å². The Labute approximate surface area is 113 Å². The van der Waals surface area contributed by atoms with Gasteiger partial charge in [0.25, 0.3) is 0 Å². The van der Waals surface area contributed by atoms with Crippen LogP contribution in [0.5, 0.6) is 0 Å². The van der Waals surface area contributed by atoms with Gasteiger partial charge in [-0.1, -0.05) is 43.2 Å². The van der Waals surface area contributed by atoms with Gasteiger partial charge in [0.05, 0.1) is 0 Å². The summed E-state index contributed by atoms with van der Waals surface area (Å²) in [7, 11) is 0. The summed E-state index contributed by atoms with van der Waals surface area (Å²) in [6.07, 6.45) is 11.8. The monoisotopic (exact) mass is 248 g/mol. The Balaban J connectivity index is 3.87. The Morgan fingerprint density at radius 2 is 1.61 bits per heavy atom. The van der Waals surface area contributed by atoms with E-state index in [1.54, 1.807) is 6.08 Å². The first-order valence-corrected chi connectivity index (χ1v) is 6.92. The lowest BCUT2D eigenvalue weighted by Gasteiger charge is -1.99. The average Bonchev–Trinajstić information content (AvgIpc) is 2.25. The third-order valence-corrected chi connectivity index (χ3v) is 2.64. The summed E-state index contributed by atoms with van der Waals surface area (Å²) in [5, 5.41) is 0. The lowest BCUT2D eigenvalue weighted by Crippen LogP contribution is -1.92. The van der Waals surface area contributed by atoms with E-state index in [4.69, 9.17) is 0 Å². The van der Waals surface area contributed by atoms with Crippen molar-refractivity contribution < 1.29 is 4.79 Å². The highest BCUT2D eigenvalue weighted by Crippen LogP contribution is 2.09. The molecule has 0 aromatic carbocycles. The molecule has 0 amide bonds. The van der Waals surface area contributed by atoms with Crippen molar-refractivity contribution in [2.45, 2.75) is 60.3 Å². The molecule has 0 bridgehead atoms. The van der Waals surface area contributed by atoms with E-state index in [1.165, 1.54) is 11.1 Å². The van der Waals surface area contributed by atoms with Gasteiger partial charge >= 0.3 is 0 Å². The maximum Gasteiger partial charge on any atom is 0.155 e. The topological polar surface area (TPSA) is 17.1 Å². The predicted octanol–water partition coefficient (Wildman–Crippen LogP) is 5.24. The molecule has 0 atom stereocenters. The van der Waals surface area contributed by atoms with Crippen molar-refractivity contribution in [1.29, 1.82) is 0 Å². The first kappa shape index (κ1) is 16.9. The number of ketones is 1. The van der Waals surface area contributed by atoms with E-state index in [2.05, 4.69) is 46.8 Å². The summed E-state index contributed by atoms with van der Waals surface area (Å²) < 4.78 is 0. The molecule has 1 nitrogen and oxygen atoms in total. The molecule has 0 aliphatic heterocycles. The van der Waals surface area contributed by atoms with Crippen LogP contribution in [0, 0.1) is 5.92 Å². The van der Waals surface area contributed by atoms with Crippen molar-refractivity contribution >= 4 is 5.78 Å². The number of carbonyl (C=O) groups excluding carboxylic acids is 1. The highest BCUT2D eigenvalue weighted by Gasteiger charge is 1.96. The van der Waals surface area contributed by atoms with Crippen LogP contribution in [0.3, 0.4) is 0 Å². The fourth-order valence-electron chi connectivity index (χ4n) is 1.53. The van der Waals surface area contributed by atoms with Crippen LogP contribution in [0.1, 0.15) is 60.3 Å². The quantitative estimate of drug-likeness (QED) is 0.424. The SMILES string of the molecule is CC(C)=CCC/C(C)=C/CCC(=O)C=CC(C)C. The van der Waals surface area contributed by atoms with Crippen LogP contribution >= 0.6 is 0 Å². The number of rotatable bonds is 8. The molecule has 0 saturated heterocycles. The smallest absolute Gasteiger partial charge is 0.155 e. The molecule has 0 rings (SSSR count). The molecule has 0 aromatic heterocycles. The van der Waals surface area contributed by atoms with Crippen molar-refractivity contribution in [1.82, 2.24) is 0 Å². The third-order valence-electron chi connectivity index (χ3n) is 2.64. The number of hydrogen-bond donors (Lipinski definition) is 0. The molecule has 0 saturated carbocycles. The van der Waals surface area contributed by atoms with E-state index in [1.807, 2.05) is 6.08 Å². The maximum absolute atomic E-state index is 11.5. The molecule has 0 unspecified atom stereocenters. The number of carbonyl (C=O) groups is 1. The normalized spacial score (nSPS) is 12.2. The minimum absolute atomic E-state index is 0.233. The second-order valence-electron chi connectivity index (χ2n) is 5.48. The summed E-state index contributed by atoms with van der Waals surface area (Å²) in [5.41, 5.74) is 2.75. The van der Waals surface area contributed by atoms with Crippen molar-refractivity contribution in [3.8, 4) is 0 Å². The molecule has 18 heavy (non-hydrogen) atoms. The van der Waals surface area contributed by atoms with Gasteiger partial charge in [-0.05, 0) is 52.0 Å². The summed E-state index contributed by atoms with van der Waals surface area (Å²) in [5.74, 6) is 0.687. The molecule has 0 spiro atoms. The molecule has 0 fully saturated rings. The van der Waals surface area contributed by atoms with E-state index in [0.29, 0.717) is 12.3 Å². The van der Waals surface area contributed by atoms with E-state index in [9.17, 15) is 4.79 Å². The molecule has 0 heterocycles. The second-order valence-corrected chi connectivity index (χ2v) is 5.48. The van der Waals surface area contributed by atoms with Crippen molar-refractivity contribution in [3.05, 3.63) is 35.5 Å². The Kier molecular flexibility index (Phi) is 9.26. The van der Waals surface area contributed by atoms with Crippen LogP contribution in [-0.4, -0.2) is 5.78 Å². The van der Waals surface area contributed by atoms with Gasteiger partial charge < -0.3 is 0 Å². The fourth-order valence-corrected chi connectivity index (χ4v) is 1.53. The highest BCUT2D eigenvalue weighted by molar-refractivity contribution is 5.89. The Morgan fingerprint density at radius 1 is 1.00 bits per heavy atom. The van der Waals surface area contributed by atoms with E-state index in [0.717, 1.165) is 19.3 Å². The molecular weight excluding hydrogens is 220 g/mol. The first-order valence-electron chi connectivity index (χ1n) is 6.92. The number of hydrogen-bond acceptors (Lipinski definition) is 1. The molecule has 0 N–H and O–H groups in total. The van der Waals surface area contributed by atoms with Crippen LogP contribution in [-0.2, 0) is 4.79 Å². The van der Waals surface area contributed by atoms with Crippen LogP contribution < -0.4 is 0 Å². The molecule has 0 aromatic rings. The first-order chi connectivity index (χ1) is 8.41. The van der Waals surface area contributed by atoms with Gasteiger partial charge in [-0.25, -0.2) is 0 Å². The standard InChI is InChI=1S/C17H28O/c1-14(2)8-6-9-16(5)10-7-11-17(18)13-12-15(3)4/h8,10,12-13,15H,6-7,9,11H2,1-5H3/b13-12?,16-10+. The molecular formula is C17H28O. The summed E-state index contributed by atoms with van der Waals surface area (Å²) in [6.45, 7) is 10.6. The van der Waals surface area contributed by atoms with Gasteiger partial charge in [0.15, 0.2) is 5.78 Å². The predicted molar refractivity (Wildman–Crippen MR) is 80.6 cm³/mol. The van der Waals surface area contributed by atoms with Crippen LogP contribution in [0.25, 0.3) is 0 Å². The third kappa shape index (κ3) is 11.4. The summed E-state index contributed by atoms with van der Waals surface area (Å²) in [4.78, 5) is 11.5. The molecule has 0 aliphatic rings. The molecule has 0 aliphatic carbocycles. The molecule has 0 radical (unpaired) electrons. The summed E-state index contributed by atoms with van der Waals surface area (Å²) in [6, 6.07) is 0. The average molecular weight is 248 g/mol. The van der Waals surface area contributed by atoms with Gasteiger partial charge in [-0.15, -0.1) is 0 Å². The Hall–Kier alpha value is -1.11. The van der Waals surface area contributed by atoms with Crippen molar-refractivity contribution in [2.24, 2.45) is 5.92 Å². The van der Waals surface area contributed by atoms with Gasteiger partial charge in [0.2, 0.25) is 0 Å². The van der Waals surface area contributed by atoms with E-state index < -0.39 is 0 Å². The summed E-state index contributed by atoms with van der Waals surface area (Å²) >= 11 is 0. The fraction of sp³-hybridized carbons (Fsp3) is 0.588. The van der Waals surface area contributed by atoms with Crippen molar-refractivity contribution in [2.75, 3.05) is 0 Å². The lowest BCUT2D eigenvalue weighted by atomic mass is 10.1. The maximum atomic E-state index is 11.5. The van der Waals surface area contributed by atoms with Crippen LogP contribution in [0.2, 0.25) is 0 Å². The zero-order chi connectivity index (χ0) is 14.0. The van der Waals surface area contributed by atoms with Crippen molar-refractivity contribution in [3.63, 3.8) is 0 Å². The Morgan fingerprint density at radius 3 is 2.17 bits per heavy atom. The number of allylic oxidation sites excluding steroid dienone is 6. The molecule has 102 valence electrons. The highest BCUT2D eigenvalue weighted by atomic mass is 16.1. The zero-order valence-electron chi connectivity index (χ0n) is 12.6. The van der Waals surface area contributed by atoms with Crippen LogP contribution in [0.15, 0.2) is 35.5 Å². The van der Waals surface area contributed by atoms with Gasteiger partial charge in [-0.3, -0.25) is 4.79 Å². The van der Waals surface area contributed by atoms with E-state index >= 15 is 0 Å². The van der Waals surface area contributed by atoms with Crippen LogP contribution in [0.4, 0.5) is 0 Å². The van der Waals surface area contributed by atoms with Gasteiger partial charge in [-0.2, -0.15) is 0 Å². The minimum Gasteiger partial charge on any atom is -0.295 e. The Bertz CT molecular complexity index is 326. The van der Waals surface area contributed by atoms with Gasteiger partial charge in [0, 0.05) is 6.42 Å². The molecule has 1 heteroatoms. The van der Waals surface area contributed by atoms with E-state index in [-0.39, 0.29) is 5.78 Å². The minimum atomic E-state index is 0.233. The lowest BCUT2D eigenvalue weighted by molar-refractivity contribution is -0.114. The largest absolute Gasteiger partial charge is 0.295 e. The zero-order valence-corrected chi connectivity index (χ0v) is 12.6.